The smallest absolute Gasteiger partial charge is 0.254 e. The van der Waals surface area contributed by atoms with Gasteiger partial charge < -0.3 is 10.6 Å². The first kappa shape index (κ1) is 19.3. The first-order valence-corrected chi connectivity index (χ1v) is 9.93. The summed E-state index contributed by atoms with van der Waals surface area (Å²) < 4.78 is 0. The summed E-state index contributed by atoms with van der Waals surface area (Å²) >= 11 is 0. The van der Waals surface area contributed by atoms with Crippen LogP contribution in [0.1, 0.15) is 75.2 Å². The van der Waals surface area contributed by atoms with E-state index in [0.717, 1.165) is 18.5 Å². The fraction of sp³-hybridized carbons (Fsp3) is 0.500. The van der Waals surface area contributed by atoms with E-state index in [1.54, 1.807) is 12.4 Å². The molecule has 1 aromatic heterocycles. The predicted octanol–water partition coefficient (Wildman–Crippen LogP) is 4.97. The average Bonchev–Trinajstić information content (AvgIpc) is 2.90. The molecule has 1 saturated carbocycles. The highest BCUT2D eigenvalue weighted by atomic mass is 16.1. The third-order valence-corrected chi connectivity index (χ3v) is 5.09. The van der Waals surface area contributed by atoms with Gasteiger partial charge in [0.1, 0.15) is 0 Å². The lowest BCUT2D eigenvalue weighted by molar-refractivity contribution is 0.0932. The van der Waals surface area contributed by atoms with Gasteiger partial charge in [-0.15, -0.1) is 0 Å². The van der Waals surface area contributed by atoms with Crippen LogP contribution in [-0.4, -0.2) is 21.9 Å². The summed E-state index contributed by atoms with van der Waals surface area (Å²) in [6, 6.07) is 8.43. The molecule has 0 bridgehead atoms. The van der Waals surface area contributed by atoms with E-state index < -0.39 is 0 Å². The van der Waals surface area contributed by atoms with Crippen molar-refractivity contribution in [3.05, 3.63) is 47.8 Å². The molecule has 27 heavy (non-hydrogen) atoms. The zero-order valence-electron chi connectivity index (χ0n) is 16.6. The normalized spacial score (nSPS) is 15.8. The zero-order valence-corrected chi connectivity index (χ0v) is 16.6. The van der Waals surface area contributed by atoms with E-state index in [2.05, 4.69) is 47.4 Å². The third-order valence-electron chi connectivity index (χ3n) is 5.09. The van der Waals surface area contributed by atoms with Crippen molar-refractivity contribution in [1.29, 1.82) is 0 Å². The van der Waals surface area contributed by atoms with Crippen LogP contribution in [0.5, 0.6) is 0 Å². The number of hydrogen-bond acceptors (Lipinski definition) is 4. The summed E-state index contributed by atoms with van der Waals surface area (Å²) in [7, 11) is 0. The van der Waals surface area contributed by atoms with Crippen LogP contribution in [0.2, 0.25) is 0 Å². The van der Waals surface area contributed by atoms with Gasteiger partial charge in [0.2, 0.25) is 5.95 Å². The van der Waals surface area contributed by atoms with Crippen molar-refractivity contribution >= 4 is 17.5 Å². The second kappa shape index (κ2) is 8.51. The lowest BCUT2D eigenvalue weighted by Gasteiger charge is -2.23. The summed E-state index contributed by atoms with van der Waals surface area (Å²) in [4.78, 5) is 21.2. The monoisotopic (exact) mass is 366 g/mol. The molecular formula is C22H30N4O. The Bertz CT molecular complexity index is 757. The Hall–Kier alpha value is -2.43. The fourth-order valence-corrected chi connectivity index (χ4v) is 3.57. The summed E-state index contributed by atoms with van der Waals surface area (Å²) in [5.74, 6) is 0.418. The van der Waals surface area contributed by atoms with E-state index in [9.17, 15) is 4.79 Å². The number of benzene rings is 1. The van der Waals surface area contributed by atoms with Crippen LogP contribution in [0.15, 0.2) is 36.7 Å². The molecule has 1 aliphatic rings. The van der Waals surface area contributed by atoms with Gasteiger partial charge in [0.05, 0.1) is 5.56 Å². The molecule has 0 spiro atoms. The van der Waals surface area contributed by atoms with Gasteiger partial charge in [0, 0.05) is 24.1 Å². The van der Waals surface area contributed by atoms with E-state index in [0.29, 0.717) is 11.5 Å². The summed E-state index contributed by atoms with van der Waals surface area (Å²) in [6.45, 7) is 6.53. The molecule has 1 aromatic carbocycles. The molecule has 1 fully saturated rings. The minimum absolute atomic E-state index is 0.0160. The Balaban J connectivity index is 1.66. The second-order valence-electron chi connectivity index (χ2n) is 8.38. The van der Waals surface area contributed by atoms with Crippen molar-refractivity contribution in [3.63, 3.8) is 0 Å². The van der Waals surface area contributed by atoms with Crippen LogP contribution in [0.3, 0.4) is 0 Å². The van der Waals surface area contributed by atoms with Crippen LogP contribution in [-0.2, 0) is 5.41 Å². The lowest BCUT2D eigenvalue weighted by Crippen LogP contribution is -2.34. The topological polar surface area (TPSA) is 66.9 Å². The van der Waals surface area contributed by atoms with E-state index in [1.165, 1.54) is 31.2 Å². The number of hydrogen-bond donors (Lipinski definition) is 2. The van der Waals surface area contributed by atoms with Crippen molar-refractivity contribution in [2.75, 3.05) is 5.32 Å². The Morgan fingerprint density at radius 1 is 1.00 bits per heavy atom. The molecule has 0 radical (unpaired) electrons. The number of anilines is 2. The summed E-state index contributed by atoms with van der Waals surface area (Å²) in [5, 5.41) is 6.41. The molecule has 3 rings (SSSR count). The summed E-state index contributed by atoms with van der Waals surface area (Å²) in [6.07, 6.45) is 10.3. The zero-order chi connectivity index (χ0) is 19.3. The molecule has 0 atom stereocenters. The molecule has 0 unspecified atom stereocenters. The molecule has 1 amide bonds. The van der Waals surface area contributed by atoms with E-state index >= 15 is 0 Å². The van der Waals surface area contributed by atoms with Crippen molar-refractivity contribution in [2.24, 2.45) is 0 Å². The summed E-state index contributed by atoms with van der Waals surface area (Å²) in [5.41, 5.74) is 2.71. The van der Waals surface area contributed by atoms with Gasteiger partial charge in [-0.3, -0.25) is 4.79 Å². The molecule has 5 nitrogen and oxygen atoms in total. The van der Waals surface area contributed by atoms with Crippen LogP contribution < -0.4 is 10.6 Å². The Morgan fingerprint density at radius 3 is 2.26 bits per heavy atom. The van der Waals surface area contributed by atoms with Crippen LogP contribution in [0.4, 0.5) is 11.6 Å². The van der Waals surface area contributed by atoms with E-state index in [4.69, 9.17) is 0 Å². The number of rotatable bonds is 4. The van der Waals surface area contributed by atoms with Crippen molar-refractivity contribution in [2.45, 2.75) is 70.8 Å². The van der Waals surface area contributed by atoms with Gasteiger partial charge in [-0.25, -0.2) is 9.97 Å². The fourth-order valence-electron chi connectivity index (χ4n) is 3.57. The quantitative estimate of drug-likeness (QED) is 0.750. The van der Waals surface area contributed by atoms with Gasteiger partial charge in [0.25, 0.3) is 5.91 Å². The first-order valence-electron chi connectivity index (χ1n) is 9.93. The number of para-hydroxylation sites is 1. The van der Waals surface area contributed by atoms with E-state index in [1.807, 2.05) is 18.2 Å². The maximum Gasteiger partial charge on any atom is 0.254 e. The van der Waals surface area contributed by atoms with Gasteiger partial charge in [-0.05, 0) is 29.9 Å². The van der Waals surface area contributed by atoms with Crippen molar-refractivity contribution < 1.29 is 4.79 Å². The SMILES string of the molecule is CC(C)(C)c1ccccc1Nc1ncc(C(=O)NC2CCCCCC2)cn1. The molecule has 1 aliphatic carbocycles. The minimum Gasteiger partial charge on any atom is -0.349 e. The Labute approximate surface area is 162 Å². The highest BCUT2D eigenvalue weighted by Crippen LogP contribution is 2.30. The number of nitrogens with zero attached hydrogens (tertiary/aromatic N) is 2. The molecule has 2 aromatic rings. The van der Waals surface area contributed by atoms with Crippen molar-refractivity contribution in [1.82, 2.24) is 15.3 Å². The predicted molar refractivity (Wildman–Crippen MR) is 109 cm³/mol. The van der Waals surface area contributed by atoms with E-state index in [-0.39, 0.29) is 17.4 Å². The molecular weight excluding hydrogens is 336 g/mol. The molecule has 2 N–H and O–H groups in total. The average molecular weight is 367 g/mol. The largest absolute Gasteiger partial charge is 0.349 e. The van der Waals surface area contributed by atoms with Gasteiger partial charge >= 0.3 is 0 Å². The number of amides is 1. The molecule has 0 saturated heterocycles. The second-order valence-corrected chi connectivity index (χ2v) is 8.38. The number of aromatic nitrogens is 2. The molecule has 1 heterocycles. The van der Waals surface area contributed by atoms with Crippen LogP contribution in [0.25, 0.3) is 0 Å². The number of carbonyl (C=O) groups is 1. The van der Waals surface area contributed by atoms with Crippen LogP contribution in [0, 0.1) is 0 Å². The number of carbonyl (C=O) groups excluding carboxylic acids is 1. The van der Waals surface area contributed by atoms with Crippen LogP contribution >= 0.6 is 0 Å². The maximum atomic E-state index is 12.5. The standard InChI is InChI=1S/C22H30N4O/c1-22(2,3)18-12-8-9-13-19(18)26-21-23-14-16(15-24-21)20(27)25-17-10-6-4-5-7-11-17/h8-9,12-15,17H,4-7,10-11H2,1-3H3,(H,25,27)(H,23,24,26). The highest BCUT2D eigenvalue weighted by Gasteiger charge is 2.19. The highest BCUT2D eigenvalue weighted by molar-refractivity contribution is 5.93. The third kappa shape index (κ3) is 5.28. The van der Waals surface area contributed by atoms with Gasteiger partial charge in [-0.2, -0.15) is 0 Å². The maximum absolute atomic E-state index is 12.5. The molecule has 5 heteroatoms. The number of nitrogens with one attached hydrogen (secondary N) is 2. The van der Waals surface area contributed by atoms with Gasteiger partial charge in [0.15, 0.2) is 0 Å². The van der Waals surface area contributed by atoms with Crippen molar-refractivity contribution in [3.8, 4) is 0 Å². The first-order chi connectivity index (χ1) is 12.9. The Morgan fingerprint density at radius 2 is 1.63 bits per heavy atom. The molecule has 0 aliphatic heterocycles. The lowest BCUT2D eigenvalue weighted by atomic mass is 9.86. The Kier molecular flexibility index (Phi) is 6.09. The van der Waals surface area contributed by atoms with Gasteiger partial charge in [-0.1, -0.05) is 64.7 Å². The minimum atomic E-state index is -0.0801. The molecule has 144 valence electrons.